The first-order valence-corrected chi connectivity index (χ1v) is 11.9. The molecule has 210 valence electrons. The van der Waals surface area contributed by atoms with Gasteiger partial charge in [-0.1, -0.05) is 0 Å². The van der Waals surface area contributed by atoms with E-state index in [1.54, 1.807) is 4.90 Å². The second-order valence-electron chi connectivity index (χ2n) is 8.83. The van der Waals surface area contributed by atoms with Crippen LogP contribution in [0.25, 0.3) is 16.7 Å². The third kappa shape index (κ3) is 5.18. The summed E-state index contributed by atoms with van der Waals surface area (Å²) in [5.41, 5.74) is -3.71. The van der Waals surface area contributed by atoms with Gasteiger partial charge < -0.3 is 15.3 Å². The second-order valence-corrected chi connectivity index (χ2v) is 9.68. The molecule has 1 aliphatic heterocycles. The molecule has 2 unspecified atom stereocenters. The minimum Gasteiger partial charge on any atom is -0.391 e. The standard InChI is InChI=1S/C23H17BrF8N4O3/c1-9(22(28,29)23(30,31)32)33-21(39)13-8-36(17-15(26)4-10(25)5-16(17)27)19-12(18(13)38)6-14(24)20(34-19)35-3-2-11(37)7-35/h4-6,8-9,11,37H,2-3,7H2,1H3,(H,33,39). The van der Waals surface area contributed by atoms with Crippen molar-refractivity contribution in [1.82, 2.24) is 14.9 Å². The maximum Gasteiger partial charge on any atom is 0.455 e. The number of pyridine rings is 2. The Labute approximate surface area is 222 Å². The maximum absolute atomic E-state index is 14.8. The summed E-state index contributed by atoms with van der Waals surface area (Å²) in [5.74, 6) is -11.2. The number of aliphatic hydroxyl groups is 1. The quantitative estimate of drug-likeness (QED) is 0.408. The first-order chi connectivity index (χ1) is 18.0. The van der Waals surface area contributed by atoms with Crippen LogP contribution in [0.2, 0.25) is 0 Å². The number of nitrogens with zero attached hydrogens (tertiary/aromatic N) is 3. The zero-order valence-corrected chi connectivity index (χ0v) is 21.2. The monoisotopic (exact) mass is 628 g/mol. The second kappa shape index (κ2) is 10.0. The Balaban J connectivity index is 1.95. The van der Waals surface area contributed by atoms with Crippen LogP contribution in [-0.2, 0) is 0 Å². The number of nitrogens with one attached hydrogen (secondary N) is 1. The molecule has 2 atom stereocenters. The SMILES string of the molecule is CC(NC(=O)c1cn(-c2c(F)cc(F)cc2F)c2nc(N3CCC(O)C3)c(Br)cc2c1=O)C(F)(F)C(F)(F)F. The molecule has 0 radical (unpaired) electrons. The molecule has 0 spiro atoms. The number of fused-ring (bicyclic) bond motifs is 1. The first kappa shape index (κ1) is 28.7. The molecular weight excluding hydrogens is 612 g/mol. The van der Waals surface area contributed by atoms with E-state index in [9.17, 15) is 49.8 Å². The van der Waals surface area contributed by atoms with Gasteiger partial charge in [-0.25, -0.2) is 18.2 Å². The molecular formula is C23H17BrF8N4O3. The van der Waals surface area contributed by atoms with Crippen LogP contribution in [0, 0.1) is 17.5 Å². The molecule has 0 saturated carbocycles. The van der Waals surface area contributed by atoms with Crippen molar-refractivity contribution in [3.63, 3.8) is 0 Å². The Morgan fingerprint density at radius 1 is 1.15 bits per heavy atom. The number of carbonyl (C=O) groups excluding carboxylic acids is 1. The maximum atomic E-state index is 14.8. The van der Waals surface area contributed by atoms with E-state index in [-0.39, 0.29) is 16.8 Å². The minimum absolute atomic E-state index is 0.117. The summed E-state index contributed by atoms with van der Waals surface area (Å²) in [4.78, 5) is 31.8. The predicted octanol–water partition coefficient (Wildman–Crippen LogP) is 4.45. The van der Waals surface area contributed by atoms with E-state index in [2.05, 4.69) is 20.9 Å². The third-order valence-corrected chi connectivity index (χ3v) is 6.70. The number of amides is 1. The molecule has 1 aromatic carbocycles. The van der Waals surface area contributed by atoms with E-state index < -0.39 is 75.3 Å². The smallest absolute Gasteiger partial charge is 0.391 e. The third-order valence-electron chi connectivity index (χ3n) is 6.11. The first-order valence-electron chi connectivity index (χ1n) is 11.1. The lowest BCUT2D eigenvalue weighted by Gasteiger charge is -2.26. The number of anilines is 1. The topological polar surface area (TPSA) is 87.5 Å². The van der Waals surface area contributed by atoms with Crippen molar-refractivity contribution in [3.8, 4) is 5.69 Å². The van der Waals surface area contributed by atoms with Gasteiger partial charge in [-0.05, 0) is 35.3 Å². The van der Waals surface area contributed by atoms with E-state index in [1.807, 2.05) is 0 Å². The number of aliphatic hydroxyl groups excluding tert-OH is 1. The predicted molar refractivity (Wildman–Crippen MR) is 126 cm³/mol. The fraction of sp³-hybridized carbons (Fsp3) is 0.348. The van der Waals surface area contributed by atoms with Gasteiger partial charge in [0, 0.05) is 31.4 Å². The Hall–Kier alpha value is -3.27. The molecule has 7 nitrogen and oxygen atoms in total. The molecule has 16 heteroatoms. The lowest BCUT2D eigenvalue weighted by Crippen LogP contribution is -2.54. The van der Waals surface area contributed by atoms with Crippen LogP contribution < -0.4 is 15.6 Å². The summed E-state index contributed by atoms with van der Waals surface area (Å²) in [6.07, 6.45) is -5.87. The fourth-order valence-electron chi connectivity index (χ4n) is 4.08. The summed E-state index contributed by atoms with van der Waals surface area (Å²) < 4.78 is 110. The molecule has 0 aliphatic carbocycles. The average Bonchev–Trinajstić information content (AvgIpc) is 3.24. The van der Waals surface area contributed by atoms with Crippen molar-refractivity contribution in [1.29, 1.82) is 0 Å². The molecule has 3 heterocycles. The number of rotatable bonds is 5. The fourth-order valence-corrected chi connectivity index (χ4v) is 4.65. The van der Waals surface area contributed by atoms with Crippen LogP contribution in [0.15, 0.2) is 33.7 Å². The molecule has 1 amide bonds. The van der Waals surface area contributed by atoms with Crippen LogP contribution in [-0.4, -0.2) is 57.9 Å². The van der Waals surface area contributed by atoms with Crippen LogP contribution in [0.5, 0.6) is 0 Å². The highest BCUT2D eigenvalue weighted by Crippen LogP contribution is 2.38. The summed E-state index contributed by atoms with van der Waals surface area (Å²) in [5, 5.41) is 10.8. The molecule has 1 saturated heterocycles. The number of aromatic nitrogens is 2. The summed E-state index contributed by atoms with van der Waals surface area (Å²) >= 11 is 3.19. The largest absolute Gasteiger partial charge is 0.455 e. The van der Waals surface area contributed by atoms with Crippen LogP contribution in [0.1, 0.15) is 23.7 Å². The van der Waals surface area contributed by atoms with E-state index in [0.29, 0.717) is 42.8 Å². The molecule has 3 aromatic rings. The molecule has 1 fully saturated rings. The van der Waals surface area contributed by atoms with Crippen LogP contribution >= 0.6 is 15.9 Å². The molecule has 0 bridgehead atoms. The highest BCUT2D eigenvalue weighted by atomic mass is 79.9. The van der Waals surface area contributed by atoms with E-state index in [4.69, 9.17) is 0 Å². The number of hydrogen-bond acceptors (Lipinski definition) is 5. The number of halogens is 9. The van der Waals surface area contributed by atoms with Gasteiger partial charge in [-0.15, -0.1) is 0 Å². The Kier molecular flexibility index (Phi) is 7.40. The number of benzene rings is 1. The highest BCUT2D eigenvalue weighted by molar-refractivity contribution is 9.10. The van der Waals surface area contributed by atoms with Gasteiger partial charge in [0.2, 0.25) is 5.43 Å². The summed E-state index contributed by atoms with van der Waals surface area (Å²) in [6, 6.07) is -1.12. The minimum atomic E-state index is -6.03. The molecule has 39 heavy (non-hydrogen) atoms. The average molecular weight is 629 g/mol. The Bertz CT molecular complexity index is 1500. The van der Waals surface area contributed by atoms with Crippen molar-refractivity contribution in [2.24, 2.45) is 0 Å². The van der Waals surface area contributed by atoms with Crippen molar-refractivity contribution >= 4 is 38.7 Å². The highest BCUT2D eigenvalue weighted by Gasteiger charge is 2.61. The Morgan fingerprint density at radius 2 is 1.77 bits per heavy atom. The zero-order chi connectivity index (χ0) is 29.0. The van der Waals surface area contributed by atoms with E-state index in [1.165, 1.54) is 5.32 Å². The van der Waals surface area contributed by atoms with Crippen molar-refractivity contribution < 1.29 is 45.0 Å². The van der Waals surface area contributed by atoms with Crippen LogP contribution in [0.4, 0.5) is 40.9 Å². The molecule has 2 N–H and O–H groups in total. The normalized spacial score (nSPS) is 17.1. The number of alkyl halides is 5. The van der Waals surface area contributed by atoms with E-state index in [0.717, 1.165) is 6.07 Å². The van der Waals surface area contributed by atoms with Gasteiger partial charge >= 0.3 is 12.1 Å². The number of carbonyl (C=O) groups is 1. The zero-order valence-electron chi connectivity index (χ0n) is 19.6. The van der Waals surface area contributed by atoms with Gasteiger partial charge in [-0.3, -0.25) is 14.2 Å². The lowest BCUT2D eigenvalue weighted by atomic mass is 10.1. The lowest BCUT2D eigenvalue weighted by molar-refractivity contribution is -0.290. The summed E-state index contributed by atoms with van der Waals surface area (Å²) in [6.45, 7) is 0.791. The van der Waals surface area contributed by atoms with Crippen molar-refractivity contribution in [2.75, 3.05) is 18.0 Å². The van der Waals surface area contributed by atoms with Gasteiger partial charge in [-0.2, -0.15) is 22.0 Å². The number of β-amino-alcohol motifs (C(OH)–C–C–N with tert-alkyl or cyclic N) is 1. The van der Waals surface area contributed by atoms with Crippen molar-refractivity contribution in [3.05, 3.63) is 62.1 Å². The van der Waals surface area contributed by atoms with Gasteiger partial charge in [0.15, 0.2) is 17.3 Å². The van der Waals surface area contributed by atoms with Gasteiger partial charge in [0.05, 0.1) is 22.0 Å². The van der Waals surface area contributed by atoms with Gasteiger partial charge in [0.25, 0.3) is 5.91 Å². The van der Waals surface area contributed by atoms with Crippen molar-refractivity contribution in [2.45, 2.75) is 37.6 Å². The molecule has 2 aromatic heterocycles. The Morgan fingerprint density at radius 3 is 2.31 bits per heavy atom. The molecule has 4 rings (SSSR count). The summed E-state index contributed by atoms with van der Waals surface area (Å²) in [7, 11) is 0. The van der Waals surface area contributed by atoms with E-state index >= 15 is 0 Å². The van der Waals surface area contributed by atoms with Gasteiger partial charge in [0.1, 0.15) is 22.9 Å². The van der Waals surface area contributed by atoms with Crippen LogP contribution in [0.3, 0.4) is 0 Å². The number of hydrogen-bond donors (Lipinski definition) is 2. The molecule has 1 aliphatic rings.